The average molecular weight is 317 g/mol. The Labute approximate surface area is 128 Å². The SMILES string of the molecule is CC(C)(C)OC(=O)NCC=Cc1ccc(N)c(Cl)c1Cl. The summed E-state index contributed by atoms with van der Waals surface area (Å²) in [5.41, 5.74) is 6.28. The van der Waals surface area contributed by atoms with E-state index in [4.69, 9.17) is 33.7 Å². The molecule has 0 saturated heterocycles. The molecule has 1 aromatic carbocycles. The van der Waals surface area contributed by atoms with E-state index >= 15 is 0 Å². The maximum Gasteiger partial charge on any atom is 0.407 e. The Balaban J connectivity index is 2.54. The standard InChI is InChI=1S/C14H18Cl2N2O2/c1-14(2,3)20-13(19)18-8-4-5-9-6-7-10(17)12(16)11(9)15/h4-7H,8,17H2,1-3H3,(H,18,19). The maximum absolute atomic E-state index is 11.4. The van der Waals surface area contributed by atoms with Gasteiger partial charge >= 0.3 is 6.09 Å². The maximum atomic E-state index is 11.4. The number of benzene rings is 1. The Hall–Kier alpha value is -1.39. The average Bonchev–Trinajstić information content (AvgIpc) is 2.32. The summed E-state index contributed by atoms with van der Waals surface area (Å²) >= 11 is 12.0. The number of carbonyl (C=O) groups is 1. The molecule has 0 aromatic heterocycles. The second kappa shape index (κ2) is 6.86. The topological polar surface area (TPSA) is 64.3 Å². The van der Waals surface area contributed by atoms with E-state index in [0.717, 1.165) is 5.56 Å². The number of anilines is 1. The molecule has 0 fully saturated rings. The van der Waals surface area contributed by atoms with Crippen molar-refractivity contribution in [2.24, 2.45) is 0 Å². The van der Waals surface area contributed by atoms with E-state index in [9.17, 15) is 4.79 Å². The number of nitrogens with one attached hydrogen (secondary N) is 1. The molecule has 0 saturated carbocycles. The lowest BCUT2D eigenvalue weighted by Crippen LogP contribution is -2.32. The van der Waals surface area contributed by atoms with Gasteiger partial charge in [-0.3, -0.25) is 0 Å². The molecule has 20 heavy (non-hydrogen) atoms. The van der Waals surface area contributed by atoms with Crippen LogP contribution in [0.5, 0.6) is 0 Å². The molecular weight excluding hydrogens is 299 g/mol. The fourth-order valence-electron chi connectivity index (χ4n) is 1.35. The molecule has 1 aromatic rings. The Morgan fingerprint density at radius 2 is 2.00 bits per heavy atom. The van der Waals surface area contributed by atoms with E-state index < -0.39 is 11.7 Å². The van der Waals surface area contributed by atoms with Crippen LogP contribution in [-0.4, -0.2) is 18.2 Å². The summed E-state index contributed by atoms with van der Waals surface area (Å²) in [4.78, 5) is 11.4. The van der Waals surface area contributed by atoms with Crippen LogP contribution in [-0.2, 0) is 4.74 Å². The normalized spacial score (nSPS) is 11.7. The second-order valence-corrected chi connectivity index (χ2v) is 5.91. The van der Waals surface area contributed by atoms with Crippen LogP contribution in [0.2, 0.25) is 10.0 Å². The third kappa shape index (κ3) is 5.31. The zero-order valence-corrected chi connectivity index (χ0v) is 13.2. The van der Waals surface area contributed by atoms with Crippen LogP contribution in [0.25, 0.3) is 6.08 Å². The van der Waals surface area contributed by atoms with Crippen molar-refractivity contribution >= 4 is 41.1 Å². The minimum Gasteiger partial charge on any atom is -0.444 e. The van der Waals surface area contributed by atoms with Crippen LogP contribution in [0.3, 0.4) is 0 Å². The number of hydrogen-bond donors (Lipinski definition) is 2. The molecule has 0 bridgehead atoms. The molecule has 4 nitrogen and oxygen atoms in total. The zero-order chi connectivity index (χ0) is 15.3. The lowest BCUT2D eigenvalue weighted by Gasteiger charge is -2.19. The number of carbonyl (C=O) groups excluding carboxylic acids is 1. The van der Waals surface area contributed by atoms with E-state index in [1.165, 1.54) is 0 Å². The minimum absolute atomic E-state index is 0.327. The quantitative estimate of drug-likeness (QED) is 0.825. The summed E-state index contributed by atoms with van der Waals surface area (Å²) in [6.45, 7) is 5.74. The van der Waals surface area contributed by atoms with Gasteiger partial charge in [-0.1, -0.05) is 41.4 Å². The highest BCUT2D eigenvalue weighted by atomic mass is 35.5. The van der Waals surface area contributed by atoms with Crippen LogP contribution in [0.15, 0.2) is 18.2 Å². The molecule has 110 valence electrons. The number of ether oxygens (including phenoxy) is 1. The molecule has 3 N–H and O–H groups in total. The molecule has 0 aliphatic rings. The first-order valence-corrected chi connectivity index (χ1v) is 6.83. The molecule has 0 spiro atoms. The molecule has 1 amide bonds. The molecule has 0 heterocycles. The third-order valence-electron chi connectivity index (χ3n) is 2.20. The van der Waals surface area contributed by atoms with E-state index in [-0.39, 0.29) is 0 Å². The van der Waals surface area contributed by atoms with E-state index in [2.05, 4.69) is 5.32 Å². The van der Waals surface area contributed by atoms with Gasteiger partial charge in [-0.2, -0.15) is 0 Å². The fraction of sp³-hybridized carbons (Fsp3) is 0.357. The number of halogens is 2. The first-order valence-electron chi connectivity index (χ1n) is 6.07. The molecule has 0 radical (unpaired) electrons. The molecule has 1 rings (SSSR count). The number of alkyl carbamates (subject to hydrolysis) is 1. The van der Waals surface area contributed by atoms with Crippen LogP contribution in [0.1, 0.15) is 26.3 Å². The van der Waals surface area contributed by atoms with Crippen molar-refractivity contribution in [3.63, 3.8) is 0 Å². The monoisotopic (exact) mass is 316 g/mol. The van der Waals surface area contributed by atoms with Gasteiger partial charge in [0.15, 0.2) is 0 Å². The molecule has 0 unspecified atom stereocenters. The van der Waals surface area contributed by atoms with Crippen LogP contribution in [0, 0.1) is 0 Å². The highest BCUT2D eigenvalue weighted by Gasteiger charge is 2.15. The van der Waals surface area contributed by atoms with Gasteiger partial charge in [-0.05, 0) is 32.4 Å². The van der Waals surface area contributed by atoms with Crippen LogP contribution < -0.4 is 11.1 Å². The molecule has 0 aliphatic heterocycles. The predicted molar refractivity (Wildman–Crippen MR) is 84.1 cm³/mol. The Morgan fingerprint density at radius 1 is 1.35 bits per heavy atom. The number of nitrogen functional groups attached to an aromatic ring is 1. The lowest BCUT2D eigenvalue weighted by molar-refractivity contribution is 0.0534. The summed E-state index contributed by atoms with van der Waals surface area (Å²) in [6, 6.07) is 3.43. The zero-order valence-electron chi connectivity index (χ0n) is 11.7. The summed E-state index contributed by atoms with van der Waals surface area (Å²) in [6.07, 6.45) is 3.03. The predicted octanol–water partition coefficient (Wildman–Crippen LogP) is 4.11. The van der Waals surface area contributed by atoms with E-state index in [1.54, 1.807) is 45.1 Å². The number of nitrogens with two attached hydrogens (primary N) is 1. The number of amides is 1. The minimum atomic E-state index is -0.512. The van der Waals surface area contributed by atoms with Gasteiger partial charge in [-0.15, -0.1) is 0 Å². The van der Waals surface area contributed by atoms with Crippen molar-refractivity contribution in [2.45, 2.75) is 26.4 Å². The van der Waals surface area contributed by atoms with Gasteiger partial charge in [0.2, 0.25) is 0 Å². The van der Waals surface area contributed by atoms with Crippen molar-refractivity contribution in [3.05, 3.63) is 33.8 Å². The van der Waals surface area contributed by atoms with E-state index in [1.807, 2.05) is 0 Å². The van der Waals surface area contributed by atoms with Gasteiger partial charge in [0.1, 0.15) is 5.60 Å². The van der Waals surface area contributed by atoms with Gasteiger partial charge in [0.25, 0.3) is 0 Å². The molecule has 6 heteroatoms. The first-order chi connectivity index (χ1) is 9.20. The lowest BCUT2D eigenvalue weighted by atomic mass is 10.2. The largest absolute Gasteiger partial charge is 0.444 e. The van der Waals surface area contributed by atoms with Crippen LogP contribution >= 0.6 is 23.2 Å². The van der Waals surface area contributed by atoms with Gasteiger partial charge in [0, 0.05) is 6.54 Å². The van der Waals surface area contributed by atoms with Crippen molar-refractivity contribution in [1.29, 1.82) is 0 Å². The smallest absolute Gasteiger partial charge is 0.407 e. The molecular formula is C14H18Cl2N2O2. The summed E-state index contributed by atoms with van der Waals surface area (Å²) in [7, 11) is 0. The van der Waals surface area contributed by atoms with Crippen molar-refractivity contribution < 1.29 is 9.53 Å². The fourth-order valence-corrected chi connectivity index (χ4v) is 1.76. The number of rotatable bonds is 3. The van der Waals surface area contributed by atoms with Gasteiger partial charge in [-0.25, -0.2) is 4.79 Å². The van der Waals surface area contributed by atoms with Crippen LogP contribution in [0.4, 0.5) is 10.5 Å². The Morgan fingerprint density at radius 3 is 2.60 bits per heavy atom. The van der Waals surface area contributed by atoms with Crippen molar-refractivity contribution in [3.8, 4) is 0 Å². The summed E-state index contributed by atoms with van der Waals surface area (Å²) in [5.74, 6) is 0. The second-order valence-electron chi connectivity index (χ2n) is 5.16. The third-order valence-corrected chi connectivity index (χ3v) is 3.11. The van der Waals surface area contributed by atoms with Gasteiger partial charge in [0.05, 0.1) is 15.7 Å². The highest BCUT2D eigenvalue weighted by Crippen LogP contribution is 2.31. The Kier molecular flexibility index (Phi) is 5.72. The first kappa shape index (κ1) is 16.7. The summed E-state index contributed by atoms with van der Waals surface area (Å²) in [5, 5.41) is 3.32. The Bertz CT molecular complexity index is 523. The van der Waals surface area contributed by atoms with E-state index in [0.29, 0.717) is 22.3 Å². The molecule has 0 aliphatic carbocycles. The van der Waals surface area contributed by atoms with Crippen molar-refractivity contribution in [2.75, 3.05) is 12.3 Å². The van der Waals surface area contributed by atoms with Crippen molar-refractivity contribution in [1.82, 2.24) is 5.32 Å². The highest BCUT2D eigenvalue weighted by molar-refractivity contribution is 6.44. The molecule has 0 atom stereocenters. The van der Waals surface area contributed by atoms with Gasteiger partial charge < -0.3 is 15.8 Å². The number of hydrogen-bond acceptors (Lipinski definition) is 3. The summed E-state index contributed by atoms with van der Waals surface area (Å²) < 4.78 is 5.10.